The maximum Gasteiger partial charge on any atom is 0.422 e. The van der Waals surface area contributed by atoms with Crippen LogP contribution in [0.25, 0.3) is 23.0 Å². The van der Waals surface area contributed by atoms with E-state index in [1.165, 1.54) is 48.7 Å². The lowest BCUT2D eigenvalue weighted by molar-refractivity contribution is -0.153. The summed E-state index contributed by atoms with van der Waals surface area (Å²) in [4.78, 5) is 25.1. The molecule has 1 aliphatic rings. The fourth-order valence-corrected chi connectivity index (χ4v) is 4.42. The van der Waals surface area contributed by atoms with Crippen molar-refractivity contribution >= 4 is 5.91 Å². The van der Waals surface area contributed by atoms with Gasteiger partial charge in [-0.05, 0) is 35.9 Å². The van der Waals surface area contributed by atoms with Crippen LogP contribution in [-0.2, 0) is 12.7 Å². The highest BCUT2D eigenvalue weighted by Gasteiger charge is 2.34. The number of rotatable bonds is 7. The Labute approximate surface area is 235 Å². The number of amides is 1. The van der Waals surface area contributed by atoms with Crippen LogP contribution in [0, 0.1) is 0 Å². The van der Waals surface area contributed by atoms with E-state index in [0.29, 0.717) is 38.3 Å². The van der Waals surface area contributed by atoms with Crippen LogP contribution in [0.15, 0.2) is 71.4 Å². The van der Waals surface area contributed by atoms with Crippen molar-refractivity contribution in [3.63, 3.8) is 0 Å². The third-order valence-electron chi connectivity index (χ3n) is 6.52. The molecule has 1 aliphatic heterocycles. The zero-order chi connectivity index (χ0) is 29.9. The molecule has 8 nitrogen and oxygen atoms in total. The van der Waals surface area contributed by atoms with Crippen molar-refractivity contribution in [2.45, 2.75) is 18.9 Å². The number of hydrogen-bond acceptors (Lipinski definition) is 7. The number of carbonyl (C=O) groups excluding carboxylic acids is 1. The molecule has 0 radical (unpaired) electrons. The first-order valence-corrected chi connectivity index (χ1v) is 12.7. The van der Waals surface area contributed by atoms with Gasteiger partial charge in [0.15, 0.2) is 6.61 Å². The van der Waals surface area contributed by atoms with Gasteiger partial charge in [-0.2, -0.15) is 31.3 Å². The summed E-state index contributed by atoms with van der Waals surface area (Å²) in [5.74, 6) is -0.416. The molecule has 14 heteroatoms. The van der Waals surface area contributed by atoms with E-state index >= 15 is 0 Å². The van der Waals surface area contributed by atoms with Gasteiger partial charge in [-0.1, -0.05) is 35.5 Å². The molecule has 0 unspecified atom stereocenters. The zero-order valence-corrected chi connectivity index (χ0v) is 21.8. The molecule has 0 aliphatic carbocycles. The number of nitrogens with zero attached hydrogens (tertiary/aromatic N) is 5. The normalized spacial score (nSPS) is 14.7. The number of piperazine rings is 1. The van der Waals surface area contributed by atoms with Gasteiger partial charge in [0, 0.05) is 44.5 Å². The minimum Gasteiger partial charge on any atom is -0.484 e. The van der Waals surface area contributed by atoms with Crippen molar-refractivity contribution < 1.29 is 40.4 Å². The number of carbonyl (C=O) groups is 1. The number of aromatic nitrogens is 3. The van der Waals surface area contributed by atoms with Gasteiger partial charge in [0.2, 0.25) is 5.82 Å². The lowest BCUT2D eigenvalue weighted by Gasteiger charge is -2.34. The van der Waals surface area contributed by atoms with Crippen molar-refractivity contribution in [2.75, 3.05) is 32.8 Å². The van der Waals surface area contributed by atoms with Crippen molar-refractivity contribution in [1.29, 1.82) is 0 Å². The molecule has 1 amide bonds. The first-order chi connectivity index (χ1) is 20.0. The highest BCUT2D eigenvalue weighted by molar-refractivity contribution is 5.94. The van der Waals surface area contributed by atoms with E-state index in [1.54, 1.807) is 17.0 Å². The molecule has 2 aromatic carbocycles. The van der Waals surface area contributed by atoms with Crippen LogP contribution in [-0.4, -0.2) is 69.8 Å². The topological polar surface area (TPSA) is 84.6 Å². The Morgan fingerprint density at radius 3 is 2.26 bits per heavy atom. The summed E-state index contributed by atoms with van der Waals surface area (Å²) in [5, 5.41) is 3.67. The van der Waals surface area contributed by atoms with E-state index in [0.717, 1.165) is 11.6 Å². The Bertz CT molecular complexity index is 1510. The minimum absolute atomic E-state index is 0.0884. The Balaban J connectivity index is 1.15. The van der Waals surface area contributed by atoms with Crippen molar-refractivity contribution in [2.24, 2.45) is 0 Å². The summed E-state index contributed by atoms with van der Waals surface area (Å²) in [5.41, 5.74) is 0.315. The molecule has 4 aromatic rings. The molecule has 0 saturated carbocycles. The second-order valence-electron chi connectivity index (χ2n) is 9.51. The van der Waals surface area contributed by atoms with E-state index in [-0.39, 0.29) is 34.6 Å². The Hall–Kier alpha value is -4.46. The smallest absolute Gasteiger partial charge is 0.422 e. The summed E-state index contributed by atoms with van der Waals surface area (Å²) >= 11 is 0. The number of benzene rings is 2. The summed E-state index contributed by atoms with van der Waals surface area (Å²) in [6.45, 7) is 1.32. The van der Waals surface area contributed by atoms with Crippen molar-refractivity contribution in [3.8, 4) is 28.7 Å². The van der Waals surface area contributed by atoms with E-state index in [4.69, 9.17) is 9.26 Å². The maximum atomic E-state index is 13.4. The van der Waals surface area contributed by atoms with Gasteiger partial charge >= 0.3 is 12.4 Å². The number of ether oxygens (including phenoxy) is 1. The number of alkyl halides is 6. The molecule has 0 bridgehead atoms. The van der Waals surface area contributed by atoms with Crippen molar-refractivity contribution in [3.05, 3.63) is 83.6 Å². The SMILES string of the molecule is O=C(c1ccc(-c2nc(-c3ccccc3C(F)(F)F)no2)nc1)N1CCN(Cc2ccc(OCC(F)(F)F)cc2)CC1. The summed E-state index contributed by atoms with van der Waals surface area (Å²) in [6, 6.07) is 14.3. The minimum atomic E-state index is -4.59. The largest absolute Gasteiger partial charge is 0.484 e. The van der Waals surface area contributed by atoms with Gasteiger partial charge in [0.25, 0.3) is 11.8 Å². The maximum absolute atomic E-state index is 13.4. The summed E-state index contributed by atoms with van der Waals surface area (Å²) in [7, 11) is 0. The van der Waals surface area contributed by atoms with Crippen LogP contribution in [0.3, 0.4) is 0 Å². The van der Waals surface area contributed by atoms with Crippen LogP contribution < -0.4 is 4.74 Å². The number of pyridine rings is 1. The fourth-order valence-electron chi connectivity index (χ4n) is 4.42. The fraction of sp³-hybridized carbons (Fsp3) is 0.286. The van der Waals surface area contributed by atoms with E-state index in [2.05, 4.69) is 20.0 Å². The summed E-state index contributed by atoms with van der Waals surface area (Å²) in [6.07, 6.45) is -7.64. The third kappa shape index (κ3) is 7.05. The lowest BCUT2D eigenvalue weighted by Crippen LogP contribution is -2.48. The van der Waals surface area contributed by atoms with E-state index < -0.39 is 24.5 Å². The molecular weight excluding hydrogens is 568 g/mol. The Kier molecular flexibility index (Phi) is 8.16. The predicted octanol–water partition coefficient (Wildman–Crippen LogP) is 5.72. The predicted molar refractivity (Wildman–Crippen MR) is 137 cm³/mol. The van der Waals surface area contributed by atoms with E-state index in [1.807, 2.05) is 0 Å². The van der Waals surface area contributed by atoms with Gasteiger partial charge in [0.1, 0.15) is 11.4 Å². The first kappa shape index (κ1) is 29.0. The van der Waals surface area contributed by atoms with Gasteiger partial charge in [0.05, 0.1) is 11.1 Å². The molecule has 0 N–H and O–H groups in total. The number of halogens is 6. The number of hydrogen-bond donors (Lipinski definition) is 0. The monoisotopic (exact) mass is 591 g/mol. The molecule has 5 rings (SSSR count). The lowest BCUT2D eigenvalue weighted by atomic mass is 10.1. The van der Waals surface area contributed by atoms with Gasteiger partial charge in [-0.25, -0.2) is 0 Å². The van der Waals surface area contributed by atoms with Crippen LogP contribution in [0.5, 0.6) is 5.75 Å². The standard InChI is InChI=1S/C28H23F6N5O3/c29-27(30,31)17-41-20-8-5-18(6-9-20)16-38-11-13-39(14-12-38)26(40)19-7-10-23(35-15-19)25-36-24(37-42-25)21-3-1-2-4-22(21)28(32,33)34/h1-10,15H,11-14,16-17H2. The molecule has 1 saturated heterocycles. The molecule has 3 heterocycles. The van der Waals surface area contributed by atoms with Crippen LogP contribution >= 0.6 is 0 Å². The van der Waals surface area contributed by atoms with Crippen LogP contribution in [0.1, 0.15) is 21.5 Å². The second-order valence-corrected chi connectivity index (χ2v) is 9.51. The highest BCUT2D eigenvalue weighted by atomic mass is 19.4. The quantitative estimate of drug-likeness (QED) is 0.255. The molecule has 0 atom stereocenters. The summed E-state index contributed by atoms with van der Waals surface area (Å²) < 4.78 is 86.9. The Morgan fingerprint density at radius 2 is 1.62 bits per heavy atom. The van der Waals surface area contributed by atoms with Crippen LogP contribution in [0.2, 0.25) is 0 Å². The van der Waals surface area contributed by atoms with E-state index in [9.17, 15) is 31.1 Å². The second kappa shape index (κ2) is 11.8. The molecule has 0 spiro atoms. The molecule has 220 valence electrons. The molecule has 1 fully saturated rings. The molecule has 2 aromatic heterocycles. The van der Waals surface area contributed by atoms with Crippen molar-refractivity contribution in [1.82, 2.24) is 24.9 Å². The molecule has 42 heavy (non-hydrogen) atoms. The van der Waals surface area contributed by atoms with Crippen LogP contribution in [0.4, 0.5) is 26.3 Å². The Morgan fingerprint density at radius 1 is 0.905 bits per heavy atom. The first-order valence-electron chi connectivity index (χ1n) is 12.7. The zero-order valence-electron chi connectivity index (χ0n) is 21.8. The molecular formula is C28H23F6N5O3. The van der Waals surface area contributed by atoms with Gasteiger partial charge < -0.3 is 14.2 Å². The average Bonchev–Trinajstić information content (AvgIpc) is 3.47. The van der Waals surface area contributed by atoms with Gasteiger partial charge in [-0.15, -0.1) is 0 Å². The highest BCUT2D eigenvalue weighted by Crippen LogP contribution is 2.36. The third-order valence-corrected chi connectivity index (χ3v) is 6.52. The van der Waals surface area contributed by atoms with Gasteiger partial charge in [-0.3, -0.25) is 14.7 Å². The average molecular weight is 592 g/mol.